The van der Waals surface area contributed by atoms with E-state index in [1.807, 2.05) is 6.92 Å². The Kier molecular flexibility index (Phi) is 2.87. The molecule has 1 rings (SSSR count). The number of carboxylic acids is 1. The van der Waals surface area contributed by atoms with Gasteiger partial charge in [0, 0.05) is 4.47 Å². The third-order valence-corrected chi connectivity index (χ3v) is 2.33. The van der Waals surface area contributed by atoms with Crippen LogP contribution in [-0.2, 0) is 6.42 Å². The molecule has 0 saturated carbocycles. The van der Waals surface area contributed by atoms with Crippen molar-refractivity contribution in [2.45, 2.75) is 13.3 Å². The number of hydrogen-bond donors (Lipinski definition) is 2. The van der Waals surface area contributed by atoms with E-state index in [-0.39, 0.29) is 11.4 Å². The number of nitrogens with zero attached hydrogens (tertiary/aromatic N) is 1. The molecule has 0 radical (unpaired) electrons. The molecule has 1 heterocycles. The molecule has 4 nitrogen and oxygen atoms in total. The monoisotopic (exact) mass is 244 g/mol. The molecule has 0 amide bonds. The highest BCUT2D eigenvalue weighted by Gasteiger charge is 2.12. The zero-order chi connectivity index (χ0) is 10.0. The van der Waals surface area contributed by atoms with E-state index in [1.165, 1.54) is 6.07 Å². The van der Waals surface area contributed by atoms with Gasteiger partial charge in [-0.25, -0.2) is 9.78 Å². The highest BCUT2D eigenvalue weighted by molar-refractivity contribution is 9.10. The van der Waals surface area contributed by atoms with Crippen molar-refractivity contribution in [1.29, 1.82) is 0 Å². The molecule has 3 N–H and O–H groups in total. The predicted octanol–water partition coefficient (Wildman–Crippen LogP) is 1.69. The first-order valence-electron chi connectivity index (χ1n) is 3.74. The zero-order valence-corrected chi connectivity index (χ0v) is 8.63. The Labute approximate surface area is 83.9 Å². The van der Waals surface area contributed by atoms with Crippen LogP contribution in [0.25, 0.3) is 0 Å². The van der Waals surface area contributed by atoms with Crippen LogP contribution in [0.5, 0.6) is 0 Å². The van der Waals surface area contributed by atoms with E-state index < -0.39 is 5.97 Å². The van der Waals surface area contributed by atoms with Gasteiger partial charge < -0.3 is 10.8 Å². The van der Waals surface area contributed by atoms with Gasteiger partial charge in [0.05, 0.1) is 5.69 Å². The highest BCUT2D eigenvalue weighted by atomic mass is 79.9. The fraction of sp³-hybridized carbons (Fsp3) is 0.250. The van der Waals surface area contributed by atoms with Gasteiger partial charge >= 0.3 is 5.97 Å². The SMILES string of the molecule is CCc1nc(N)c(C(=O)O)cc1Br. The number of rotatable bonds is 2. The molecule has 0 fully saturated rings. The molecule has 0 aromatic carbocycles. The molecule has 0 bridgehead atoms. The summed E-state index contributed by atoms with van der Waals surface area (Å²) in [5.74, 6) is -0.999. The van der Waals surface area contributed by atoms with Crippen LogP contribution in [0.3, 0.4) is 0 Å². The molecule has 0 unspecified atom stereocenters. The lowest BCUT2D eigenvalue weighted by Crippen LogP contribution is -2.06. The van der Waals surface area contributed by atoms with Gasteiger partial charge in [-0.1, -0.05) is 6.92 Å². The summed E-state index contributed by atoms with van der Waals surface area (Å²) >= 11 is 3.23. The van der Waals surface area contributed by atoms with Crippen molar-refractivity contribution in [2.75, 3.05) is 5.73 Å². The Bertz CT molecular complexity index is 352. The van der Waals surface area contributed by atoms with E-state index in [0.29, 0.717) is 10.9 Å². The van der Waals surface area contributed by atoms with Crippen molar-refractivity contribution in [1.82, 2.24) is 4.98 Å². The van der Waals surface area contributed by atoms with Crippen LogP contribution in [-0.4, -0.2) is 16.1 Å². The Morgan fingerprint density at radius 3 is 2.85 bits per heavy atom. The maximum absolute atomic E-state index is 10.6. The molecule has 0 spiro atoms. The number of aromatic carboxylic acids is 1. The minimum absolute atomic E-state index is 0.0316. The Morgan fingerprint density at radius 1 is 1.77 bits per heavy atom. The average molecular weight is 245 g/mol. The standard InChI is InChI=1S/C8H9BrN2O2/c1-2-6-5(9)3-4(8(12)13)7(10)11-6/h3H,2H2,1H3,(H2,10,11)(H,12,13). The van der Waals surface area contributed by atoms with Crippen LogP contribution in [0, 0.1) is 0 Å². The summed E-state index contributed by atoms with van der Waals surface area (Å²) in [6, 6.07) is 1.48. The largest absolute Gasteiger partial charge is 0.478 e. The van der Waals surface area contributed by atoms with Gasteiger partial charge in [-0.3, -0.25) is 0 Å². The third-order valence-electron chi connectivity index (χ3n) is 1.64. The summed E-state index contributed by atoms with van der Waals surface area (Å²) in [5, 5.41) is 8.71. The maximum Gasteiger partial charge on any atom is 0.339 e. The van der Waals surface area contributed by atoms with Crippen LogP contribution in [0.15, 0.2) is 10.5 Å². The molecule has 0 aliphatic carbocycles. The van der Waals surface area contributed by atoms with Crippen molar-refractivity contribution in [3.8, 4) is 0 Å². The second kappa shape index (κ2) is 3.74. The van der Waals surface area contributed by atoms with Gasteiger partial charge in [0.1, 0.15) is 11.4 Å². The fourth-order valence-corrected chi connectivity index (χ4v) is 1.56. The van der Waals surface area contributed by atoms with Gasteiger partial charge in [-0.2, -0.15) is 0 Å². The normalized spacial score (nSPS) is 10.0. The number of nitrogens with two attached hydrogens (primary N) is 1. The van der Waals surface area contributed by atoms with Gasteiger partial charge in [-0.15, -0.1) is 0 Å². The number of aryl methyl sites for hydroxylation is 1. The predicted molar refractivity (Wildman–Crippen MR) is 52.7 cm³/mol. The van der Waals surface area contributed by atoms with Crippen molar-refractivity contribution < 1.29 is 9.90 Å². The van der Waals surface area contributed by atoms with Crippen molar-refractivity contribution in [2.24, 2.45) is 0 Å². The average Bonchev–Trinajstić information content (AvgIpc) is 2.07. The Balaban J connectivity index is 3.28. The quantitative estimate of drug-likeness (QED) is 0.831. The van der Waals surface area contributed by atoms with E-state index in [1.54, 1.807) is 0 Å². The molecule has 70 valence electrons. The third kappa shape index (κ3) is 1.98. The second-order valence-corrected chi connectivity index (χ2v) is 3.36. The topological polar surface area (TPSA) is 76.2 Å². The minimum Gasteiger partial charge on any atom is -0.478 e. The summed E-state index contributed by atoms with van der Waals surface area (Å²) in [5.41, 5.74) is 6.25. The van der Waals surface area contributed by atoms with Gasteiger partial charge in [-0.05, 0) is 28.4 Å². The van der Waals surface area contributed by atoms with E-state index in [0.717, 1.165) is 5.69 Å². The number of aromatic nitrogens is 1. The smallest absolute Gasteiger partial charge is 0.339 e. The number of carboxylic acid groups (broad SMARTS) is 1. The molecule has 0 aliphatic heterocycles. The molecule has 0 atom stereocenters. The molecular formula is C8H9BrN2O2. The highest BCUT2D eigenvalue weighted by Crippen LogP contribution is 2.20. The lowest BCUT2D eigenvalue weighted by atomic mass is 10.2. The Hall–Kier alpha value is -1.10. The lowest BCUT2D eigenvalue weighted by Gasteiger charge is -2.04. The van der Waals surface area contributed by atoms with Crippen LogP contribution in [0.1, 0.15) is 23.0 Å². The van der Waals surface area contributed by atoms with Gasteiger partial charge in [0.2, 0.25) is 0 Å². The van der Waals surface area contributed by atoms with E-state index in [9.17, 15) is 4.79 Å². The molecule has 5 heteroatoms. The number of nitrogen functional groups attached to an aromatic ring is 1. The number of halogens is 1. The summed E-state index contributed by atoms with van der Waals surface area (Å²) in [4.78, 5) is 14.6. The van der Waals surface area contributed by atoms with Crippen LogP contribution in [0.2, 0.25) is 0 Å². The summed E-state index contributed by atoms with van der Waals surface area (Å²) in [6.07, 6.45) is 0.713. The first-order chi connectivity index (χ1) is 6.06. The lowest BCUT2D eigenvalue weighted by molar-refractivity contribution is 0.0697. The van der Waals surface area contributed by atoms with Crippen LogP contribution < -0.4 is 5.73 Å². The first-order valence-corrected chi connectivity index (χ1v) is 4.53. The zero-order valence-electron chi connectivity index (χ0n) is 7.04. The van der Waals surface area contributed by atoms with Crippen molar-refractivity contribution >= 4 is 27.7 Å². The van der Waals surface area contributed by atoms with Gasteiger partial charge in [0.15, 0.2) is 0 Å². The van der Waals surface area contributed by atoms with E-state index >= 15 is 0 Å². The van der Waals surface area contributed by atoms with Crippen LogP contribution in [0.4, 0.5) is 5.82 Å². The van der Waals surface area contributed by atoms with Crippen LogP contribution >= 0.6 is 15.9 Å². The molecule has 13 heavy (non-hydrogen) atoms. The Morgan fingerprint density at radius 2 is 2.38 bits per heavy atom. The molecule has 1 aromatic rings. The number of hydrogen-bond acceptors (Lipinski definition) is 3. The molecule has 0 saturated heterocycles. The first kappa shape index (κ1) is 9.98. The summed E-state index contributed by atoms with van der Waals surface area (Å²) < 4.78 is 0.682. The van der Waals surface area contributed by atoms with Crippen molar-refractivity contribution in [3.05, 3.63) is 21.8 Å². The number of anilines is 1. The summed E-state index contributed by atoms with van der Waals surface area (Å²) in [7, 11) is 0. The van der Waals surface area contributed by atoms with Gasteiger partial charge in [0.25, 0.3) is 0 Å². The maximum atomic E-state index is 10.6. The van der Waals surface area contributed by atoms with E-state index in [2.05, 4.69) is 20.9 Å². The second-order valence-electron chi connectivity index (χ2n) is 2.51. The molecule has 1 aromatic heterocycles. The summed E-state index contributed by atoms with van der Waals surface area (Å²) in [6.45, 7) is 1.92. The molecular weight excluding hydrogens is 236 g/mol. The molecule has 0 aliphatic rings. The van der Waals surface area contributed by atoms with Crippen molar-refractivity contribution in [3.63, 3.8) is 0 Å². The fourth-order valence-electron chi connectivity index (χ4n) is 0.962. The number of pyridine rings is 1. The van der Waals surface area contributed by atoms with E-state index in [4.69, 9.17) is 10.8 Å². The number of carbonyl (C=O) groups is 1. The minimum atomic E-state index is -1.06.